The molecule has 2 N–H and O–H groups in total. The molecule has 0 radical (unpaired) electrons. The van der Waals surface area contributed by atoms with Crippen molar-refractivity contribution in [1.29, 1.82) is 0 Å². The van der Waals surface area contributed by atoms with Crippen molar-refractivity contribution in [3.63, 3.8) is 0 Å². The van der Waals surface area contributed by atoms with E-state index in [0.29, 0.717) is 17.7 Å². The molecular formula is C13H17NO4. The van der Waals surface area contributed by atoms with Gasteiger partial charge in [-0.05, 0) is 37.6 Å². The number of carbonyl (C=O) groups is 2. The van der Waals surface area contributed by atoms with E-state index in [2.05, 4.69) is 5.32 Å². The quantitative estimate of drug-likeness (QED) is 0.775. The Hall–Kier alpha value is -2.04. The van der Waals surface area contributed by atoms with E-state index in [1.54, 1.807) is 19.9 Å². The van der Waals surface area contributed by atoms with Crippen LogP contribution in [0.1, 0.15) is 29.3 Å². The van der Waals surface area contributed by atoms with E-state index in [4.69, 9.17) is 4.74 Å². The summed E-state index contributed by atoms with van der Waals surface area (Å²) in [5.41, 5.74) is 1.09. The molecule has 5 nitrogen and oxygen atoms in total. The molecule has 18 heavy (non-hydrogen) atoms. The van der Waals surface area contributed by atoms with Crippen LogP contribution in [0.4, 0.5) is 0 Å². The molecule has 5 heteroatoms. The number of ether oxygens (including phenoxy) is 1. The highest BCUT2D eigenvalue weighted by Crippen LogP contribution is 2.16. The van der Waals surface area contributed by atoms with Crippen LogP contribution in [0.5, 0.6) is 5.75 Å². The summed E-state index contributed by atoms with van der Waals surface area (Å²) in [4.78, 5) is 22.8. The number of nitrogens with one attached hydrogen (secondary N) is 1. The molecule has 0 fully saturated rings. The number of aromatic hydroxyl groups is 1. The summed E-state index contributed by atoms with van der Waals surface area (Å²) in [5.74, 6) is -0.458. The van der Waals surface area contributed by atoms with E-state index in [-0.39, 0.29) is 30.6 Å². The Labute approximate surface area is 106 Å². The van der Waals surface area contributed by atoms with Gasteiger partial charge in [0.05, 0.1) is 13.0 Å². The van der Waals surface area contributed by atoms with Gasteiger partial charge < -0.3 is 15.2 Å². The Balaban J connectivity index is 2.45. The maximum absolute atomic E-state index is 11.7. The number of benzene rings is 1. The summed E-state index contributed by atoms with van der Waals surface area (Å²) in [5, 5.41) is 12.0. The van der Waals surface area contributed by atoms with E-state index in [9.17, 15) is 14.7 Å². The third-order valence-corrected chi connectivity index (χ3v) is 2.38. The molecule has 98 valence electrons. The number of esters is 1. The topological polar surface area (TPSA) is 75.6 Å². The molecule has 0 heterocycles. The first-order valence-electron chi connectivity index (χ1n) is 5.78. The summed E-state index contributed by atoms with van der Waals surface area (Å²) < 4.78 is 4.74. The third-order valence-electron chi connectivity index (χ3n) is 2.38. The summed E-state index contributed by atoms with van der Waals surface area (Å²) in [7, 11) is 0. The first-order chi connectivity index (χ1) is 8.54. The summed E-state index contributed by atoms with van der Waals surface area (Å²) >= 11 is 0. The minimum absolute atomic E-state index is 0.149. The van der Waals surface area contributed by atoms with Gasteiger partial charge in [-0.1, -0.05) is 0 Å². The van der Waals surface area contributed by atoms with Gasteiger partial charge in [-0.15, -0.1) is 0 Å². The highest BCUT2D eigenvalue weighted by molar-refractivity contribution is 5.94. The highest BCUT2D eigenvalue weighted by atomic mass is 16.5. The molecule has 0 saturated heterocycles. The third kappa shape index (κ3) is 4.08. The monoisotopic (exact) mass is 251 g/mol. The number of phenolic OH excluding ortho intramolecular Hbond substituents is 1. The smallest absolute Gasteiger partial charge is 0.307 e. The summed E-state index contributed by atoms with van der Waals surface area (Å²) in [6.07, 6.45) is 0.149. The first kappa shape index (κ1) is 14.0. The van der Waals surface area contributed by atoms with Crippen molar-refractivity contribution in [2.24, 2.45) is 0 Å². The van der Waals surface area contributed by atoms with Gasteiger partial charge >= 0.3 is 5.97 Å². The number of rotatable bonds is 5. The molecular weight excluding hydrogens is 234 g/mol. The number of hydrogen-bond donors (Lipinski definition) is 2. The molecule has 0 aliphatic carbocycles. The second kappa shape index (κ2) is 6.64. The van der Waals surface area contributed by atoms with Crippen molar-refractivity contribution < 1.29 is 19.4 Å². The average molecular weight is 251 g/mol. The number of phenols is 1. The molecule has 1 amide bonds. The van der Waals surface area contributed by atoms with Crippen molar-refractivity contribution in [2.75, 3.05) is 13.2 Å². The summed E-state index contributed by atoms with van der Waals surface area (Å²) in [6, 6.07) is 4.59. The number of carbonyl (C=O) groups excluding carboxylic acids is 2. The fourth-order valence-corrected chi connectivity index (χ4v) is 1.41. The molecule has 0 unspecified atom stereocenters. The van der Waals surface area contributed by atoms with Crippen molar-refractivity contribution in [3.8, 4) is 5.75 Å². The first-order valence-corrected chi connectivity index (χ1v) is 5.78. The largest absolute Gasteiger partial charge is 0.508 e. The van der Waals surface area contributed by atoms with E-state index >= 15 is 0 Å². The van der Waals surface area contributed by atoms with Crippen molar-refractivity contribution in [2.45, 2.75) is 20.3 Å². The number of amides is 1. The second-order valence-electron chi connectivity index (χ2n) is 3.81. The standard InChI is InChI=1S/C13H17NO4/c1-3-18-12(16)6-7-14-13(17)10-4-5-11(15)9(2)8-10/h4-5,8,15H,3,6-7H2,1-2H3,(H,14,17). The average Bonchev–Trinajstić information content (AvgIpc) is 2.33. The van der Waals surface area contributed by atoms with Crippen LogP contribution in [0.2, 0.25) is 0 Å². The van der Waals surface area contributed by atoms with Crippen LogP contribution in [0.25, 0.3) is 0 Å². The molecule has 0 aromatic heterocycles. The van der Waals surface area contributed by atoms with Crippen LogP contribution in [0, 0.1) is 6.92 Å². The Morgan fingerprint density at radius 1 is 1.39 bits per heavy atom. The predicted molar refractivity (Wildman–Crippen MR) is 66.4 cm³/mol. The zero-order chi connectivity index (χ0) is 13.5. The van der Waals surface area contributed by atoms with Gasteiger partial charge in [-0.25, -0.2) is 0 Å². The predicted octanol–water partition coefficient (Wildman–Crippen LogP) is 1.38. The zero-order valence-corrected chi connectivity index (χ0v) is 10.5. The van der Waals surface area contributed by atoms with Crippen LogP contribution in [-0.4, -0.2) is 30.1 Å². The molecule has 0 aliphatic heterocycles. The van der Waals surface area contributed by atoms with E-state index in [1.807, 2.05) is 0 Å². The zero-order valence-electron chi connectivity index (χ0n) is 10.5. The van der Waals surface area contributed by atoms with Gasteiger partial charge in [0.2, 0.25) is 0 Å². The normalized spacial score (nSPS) is 9.89. The van der Waals surface area contributed by atoms with Gasteiger partial charge in [0, 0.05) is 12.1 Å². The SMILES string of the molecule is CCOC(=O)CCNC(=O)c1ccc(O)c(C)c1. The van der Waals surface area contributed by atoms with Crippen molar-refractivity contribution >= 4 is 11.9 Å². The Kier molecular flexibility index (Phi) is 5.17. The molecule has 0 aliphatic rings. The number of hydrogen-bond acceptors (Lipinski definition) is 4. The van der Waals surface area contributed by atoms with Crippen molar-refractivity contribution in [1.82, 2.24) is 5.32 Å². The van der Waals surface area contributed by atoms with Gasteiger partial charge in [-0.2, -0.15) is 0 Å². The van der Waals surface area contributed by atoms with Crippen molar-refractivity contribution in [3.05, 3.63) is 29.3 Å². The second-order valence-corrected chi connectivity index (χ2v) is 3.81. The van der Waals surface area contributed by atoms with Gasteiger partial charge in [0.25, 0.3) is 5.91 Å². The van der Waals surface area contributed by atoms with Crippen LogP contribution >= 0.6 is 0 Å². The molecule has 1 aromatic rings. The Morgan fingerprint density at radius 3 is 2.72 bits per heavy atom. The lowest BCUT2D eigenvalue weighted by Crippen LogP contribution is -2.26. The molecule has 0 atom stereocenters. The van der Waals surface area contributed by atoms with Crippen LogP contribution in [0.3, 0.4) is 0 Å². The van der Waals surface area contributed by atoms with Gasteiger partial charge in [-0.3, -0.25) is 9.59 Å². The van der Waals surface area contributed by atoms with Gasteiger partial charge in [0.1, 0.15) is 5.75 Å². The maximum atomic E-state index is 11.7. The molecule has 1 rings (SSSR count). The lowest BCUT2D eigenvalue weighted by Gasteiger charge is -2.06. The highest BCUT2D eigenvalue weighted by Gasteiger charge is 2.08. The minimum atomic E-state index is -0.334. The van der Waals surface area contributed by atoms with E-state index < -0.39 is 0 Å². The summed E-state index contributed by atoms with van der Waals surface area (Å²) in [6.45, 7) is 4.02. The number of aryl methyl sites for hydroxylation is 1. The molecule has 1 aromatic carbocycles. The lowest BCUT2D eigenvalue weighted by atomic mass is 10.1. The Morgan fingerprint density at radius 2 is 2.11 bits per heavy atom. The van der Waals surface area contributed by atoms with Crippen LogP contribution < -0.4 is 5.32 Å². The van der Waals surface area contributed by atoms with Gasteiger partial charge in [0.15, 0.2) is 0 Å². The minimum Gasteiger partial charge on any atom is -0.508 e. The molecule has 0 spiro atoms. The van der Waals surface area contributed by atoms with E-state index in [1.165, 1.54) is 12.1 Å². The van der Waals surface area contributed by atoms with Crippen LogP contribution in [-0.2, 0) is 9.53 Å². The molecule has 0 bridgehead atoms. The maximum Gasteiger partial charge on any atom is 0.307 e. The lowest BCUT2D eigenvalue weighted by molar-refractivity contribution is -0.142. The Bertz CT molecular complexity index is 443. The fourth-order valence-electron chi connectivity index (χ4n) is 1.41. The van der Waals surface area contributed by atoms with Crippen LogP contribution in [0.15, 0.2) is 18.2 Å². The fraction of sp³-hybridized carbons (Fsp3) is 0.385. The van der Waals surface area contributed by atoms with E-state index in [0.717, 1.165) is 0 Å². The molecule has 0 saturated carbocycles.